The van der Waals surface area contributed by atoms with E-state index >= 15 is 0 Å². The molecule has 8 heteroatoms. The zero-order chi connectivity index (χ0) is 27.1. The van der Waals surface area contributed by atoms with Crippen molar-refractivity contribution in [2.24, 2.45) is 5.92 Å². The van der Waals surface area contributed by atoms with Crippen LogP contribution in [0.4, 0.5) is 0 Å². The first-order chi connectivity index (χ1) is 18.4. The molecule has 0 bridgehead atoms. The summed E-state index contributed by atoms with van der Waals surface area (Å²) in [7, 11) is 3.19. The molecule has 1 aromatic heterocycles. The van der Waals surface area contributed by atoms with Gasteiger partial charge in [0.1, 0.15) is 18.9 Å². The van der Waals surface area contributed by atoms with Gasteiger partial charge in [-0.2, -0.15) is 0 Å². The van der Waals surface area contributed by atoms with Gasteiger partial charge in [0.25, 0.3) is 5.91 Å². The first-order valence-corrected chi connectivity index (χ1v) is 13.8. The molecule has 0 saturated heterocycles. The number of methoxy groups -OCH3 is 2. The van der Waals surface area contributed by atoms with Gasteiger partial charge in [0.2, 0.25) is 5.91 Å². The second-order valence-corrected chi connectivity index (χ2v) is 10.8. The molecule has 1 aliphatic heterocycles. The molecule has 2 heterocycles. The average molecular weight is 537 g/mol. The number of hydrogen-bond donors (Lipinski definition) is 0. The van der Waals surface area contributed by atoms with Gasteiger partial charge in [-0.1, -0.05) is 32.0 Å². The Bertz CT molecular complexity index is 1240. The van der Waals surface area contributed by atoms with Gasteiger partial charge in [-0.3, -0.25) is 9.59 Å². The van der Waals surface area contributed by atoms with Gasteiger partial charge in [0.15, 0.2) is 11.5 Å². The fourth-order valence-corrected chi connectivity index (χ4v) is 5.57. The molecule has 1 aliphatic rings. The molecule has 2 amide bonds. The minimum atomic E-state index is -0.249. The van der Waals surface area contributed by atoms with Crippen molar-refractivity contribution in [3.63, 3.8) is 0 Å². The average Bonchev–Trinajstić information content (AvgIpc) is 3.42. The lowest BCUT2D eigenvalue weighted by Crippen LogP contribution is -2.48. The zero-order valence-corrected chi connectivity index (χ0v) is 23.3. The standard InChI is InChI=1S/C30H36N2O5S/c1-21(2)12-15-31(30(34)22-8-7-9-23(18-22)35-3)19-29(33)32-16-13-28-24(14-17-38-28)25(32)20-37-27-11-6-5-10-26(27)36-4/h5-11,14,17-18,21,25H,12-13,15-16,19-20H2,1-4H3/t25-/m1/s1. The van der Waals surface area contributed by atoms with Gasteiger partial charge in [-0.05, 0) is 66.1 Å². The van der Waals surface area contributed by atoms with Crippen molar-refractivity contribution in [2.45, 2.75) is 32.7 Å². The van der Waals surface area contributed by atoms with Gasteiger partial charge in [-0.25, -0.2) is 0 Å². The van der Waals surface area contributed by atoms with Gasteiger partial charge < -0.3 is 24.0 Å². The SMILES string of the molecule is COc1cccc(C(=O)N(CCC(C)C)CC(=O)N2CCc3sccc3[C@H]2COc2ccccc2OC)c1. The Morgan fingerprint density at radius 3 is 2.58 bits per heavy atom. The van der Waals surface area contributed by atoms with E-state index < -0.39 is 0 Å². The minimum Gasteiger partial charge on any atom is -0.497 e. The van der Waals surface area contributed by atoms with E-state index in [1.165, 1.54) is 4.88 Å². The Labute approximate surface area is 228 Å². The molecule has 0 aliphatic carbocycles. The third-order valence-corrected chi connectivity index (χ3v) is 7.78. The molecule has 0 saturated carbocycles. The maximum atomic E-state index is 13.8. The van der Waals surface area contributed by atoms with Crippen LogP contribution < -0.4 is 14.2 Å². The maximum absolute atomic E-state index is 13.8. The van der Waals surface area contributed by atoms with Gasteiger partial charge in [0.05, 0.1) is 20.3 Å². The predicted octanol–water partition coefficient (Wildman–Crippen LogP) is 5.46. The van der Waals surface area contributed by atoms with E-state index in [2.05, 4.69) is 25.3 Å². The normalized spacial score (nSPS) is 14.7. The molecule has 0 spiro atoms. The van der Waals surface area contributed by atoms with E-state index in [1.807, 2.05) is 29.2 Å². The quantitative estimate of drug-likeness (QED) is 0.326. The first-order valence-electron chi connectivity index (χ1n) is 13.0. The summed E-state index contributed by atoms with van der Waals surface area (Å²) >= 11 is 1.71. The Balaban J connectivity index is 1.55. The number of benzene rings is 2. The molecule has 2 aromatic carbocycles. The van der Waals surface area contributed by atoms with Crippen LogP contribution in [-0.4, -0.2) is 62.1 Å². The molecular formula is C30H36N2O5S. The lowest BCUT2D eigenvalue weighted by Gasteiger charge is -2.37. The molecule has 4 rings (SSSR count). The third kappa shape index (κ3) is 6.48. The van der Waals surface area contributed by atoms with Crippen molar-refractivity contribution in [3.05, 3.63) is 76.0 Å². The lowest BCUT2D eigenvalue weighted by atomic mass is 10.00. The number of thiophene rings is 1. The van der Waals surface area contributed by atoms with Crippen molar-refractivity contribution in [3.8, 4) is 17.2 Å². The Hall–Kier alpha value is -3.52. The summed E-state index contributed by atoms with van der Waals surface area (Å²) in [6, 6.07) is 16.4. The zero-order valence-electron chi connectivity index (χ0n) is 22.5. The van der Waals surface area contributed by atoms with Gasteiger partial charge in [-0.15, -0.1) is 11.3 Å². The summed E-state index contributed by atoms with van der Waals surface area (Å²) in [6.07, 6.45) is 1.59. The topological polar surface area (TPSA) is 68.3 Å². The summed E-state index contributed by atoms with van der Waals surface area (Å²) in [5, 5.41) is 2.07. The maximum Gasteiger partial charge on any atom is 0.254 e. The molecule has 7 nitrogen and oxygen atoms in total. The highest BCUT2D eigenvalue weighted by atomic mass is 32.1. The number of carbonyl (C=O) groups is 2. The smallest absolute Gasteiger partial charge is 0.254 e. The van der Waals surface area contributed by atoms with E-state index in [0.717, 1.165) is 18.4 Å². The number of nitrogens with zero attached hydrogens (tertiary/aromatic N) is 2. The van der Waals surface area contributed by atoms with Crippen molar-refractivity contribution >= 4 is 23.2 Å². The Morgan fingerprint density at radius 2 is 1.84 bits per heavy atom. The lowest BCUT2D eigenvalue weighted by molar-refractivity contribution is -0.135. The number of hydrogen-bond acceptors (Lipinski definition) is 6. The fraction of sp³-hybridized carbons (Fsp3) is 0.400. The van der Waals surface area contributed by atoms with Gasteiger partial charge in [0, 0.05) is 23.5 Å². The van der Waals surface area contributed by atoms with Crippen LogP contribution in [0.3, 0.4) is 0 Å². The molecule has 38 heavy (non-hydrogen) atoms. The number of fused-ring (bicyclic) bond motifs is 1. The number of amides is 2. The predicted molar refractivity (Wildman–Crippen MR) is 149 cm³/mol. The van der Waals surface area contributed by atoms with Crippen LogP contribution in [0.2, 0.25) is 0 Å². The third-order valence-electron chi connectivity index (χ3n) is 6.79. The van der Waals surface area contributed by atoms with Crippen LogP contribution in [-0.2, 0) is 11.2 Å². The van der Waals surface area contributed by atoms with Crippen molar-refractivity contribution in [1.82, 2.24) is 9.80 Å². The molecule has 0 N–H and O–H groups in total. The van der Waals surface area contributed by atoms with Crippen molar-refractivity contribution < 1.29 is 23.8 Å². The first kappa shape index (κ1) is 27.5. The molecule has 0 radical (unpaired) electrons. The van der Waals surface area contributed by atoms with Crippen LogP contribution >= 0.6 is 11.3 Å². The summed E-state index contributed by atoms with van der Waals surface area (Å²) in [6.45, 7) is 5.62. The largest absolute Gasteiger partial charge is 0.497 e. The van der Waals surface area contributed by atoms with Crippen molar-refractivity contribution in [1.29, 1.82) is 0 Å². The van der Waals surface area contributed by atoms with Crippen LogP contribution in [0.1, 0.15) is 47.1 Å². The highest BCUT2D eigenvalue weighted by Gasteiger charge is 2.34. The van der Waals surface area contributed by atoms with Gasteiger partial charge >= 0.3 is 0 Å². The van der Waals surface area contributed by atoms with Crippen LogP contribution in [0.5, 0.6) is 17.2 Å². The molecular weight excluding hydrogens is 500 g/mol. The molecule has 3 aromatic rings. The van der Waals surface area contributed by atoms with Crippen molar-refractivity contribution in [2.75, 3.05) is 40.5 Å². The Morgan fingerprint density at radius 1 is 1.05 bits per heavy atom. The summed E-state index contributed by atoms with van der Waals surface area (Å²) in [4.78, 5) is 32.1. The second-order valence-electron chi connectivity index (χ2n) is 9.76. The fourth-order valence-electron chi connectivity index (χ4n) is 4.64. The Kier molecular flexibility index (Phi) is 9.29. The minimum absolute atomic E-state index is 0.00733. The highest BCUT2D eigenvalue weighted by molar-refractivity contribution is 7.10. The summed E-state index contributed by atoms with van der Waals surface area (Å²) in [5.74, 6) is 2.03. The van der Waals surface area contributed by atoms with E-state index in [4.69, 9.17) is 14.2 Å². The highest BCUT2D eigenvalue weighted by Crippen LogP contribution is 2.35. The van der Waals surface area contributed by atoms with Crippen LogP contribution in [0, 0.1) is 5.92 Å². The summed E-state index contributed by atoms with van der Waals surface area (Å²) in [5.41, 5.74) is 1.62. The molecule has 1 atom stereocenters. The van der Waals surface area contributed by atoms with E-state index in [9.17, 15) is 9.59 Å². The van der Waals surface area contributed by atoms with E-state index in [0.29, 0.717) is 48.4 Å². The molecule has 0 fully saturated rings. The monoisotopic (exact) mass is 536 g/mol. The molecule has 0 unspecified atom stereocenters. The number of carbonyl (C=O) groups excluding carboxylic acids is 2. The second kappa shape index (κ2) is 12.8. The summed E-state index contributed by atoms with van der Waals surface area (Å²) < 4.78 is 16.9. The van der Waals surface area contributed by atoms with Crippen LogP contribution in [0.15, 0.2) is 60.0 Å². The number of rotatable bonds is 11. The molecule has 202 valence electrons. The number of para-hydroxylation sites is 2. The number of ether oxygens (including phenoxy) is 3. The van der Waals surface area contributed by atoms with E-state index in [-0.39, 0.29) is 24.4 Å². The van der Waals surface area contributed by atoms with Crippen LogP contribution in [0.25, 0.3) is 0 Å². The van der Waals surface area contributed by atoms with E-state index in [1.54, 1.807) is 54.7 Å².